The number of nitrogens with zero attached hydrogens (tertiary/aromatic N) is 2. The lowest BCUT2D eigenvalue weighted by atomic mass is 10.3. The van der Waals surface area contributed by atoms with Crippen LogP contribution in [0.2, 0.25) is 5.28 Å². The summed E-state index contributed by atoms with van der Waals surface area (Å²) in [6.45, 7) is 3.07. The smallest absolute Gasteiger partial charge is 0.225 e. The highest BCUT2D eigenvalue weighted by Gasteiger charge is 2.10. The van der Waals surface area contributed by atoms with Crippen LogP contribution in [-0.2, 0) is 16.4 Å². The van der Waals surface area contributed by atoms with Gasteiger partial charge in [0.1, 0.15) is 10.6 Å². The Balaban J connectivity index is 2.02. The SMILES string of the molecule is CCc1cc2c(NCCCNS(C)(=O)=O)nc(Cl)nc2s1. The number of thiophene rings is 1. The second kappa shape index (κ2) is 6.87. The van der Waals surface area contributed by atoms with Crippen LogP contribution in [0.15, 0.2) is 6.07 Å². The maximum atomic E-state index is 11.0. The molecule has 0 aromatic carbocycles. The van der Waals surface area contributed by atoms with Gasteiger partial charge in [0.15, 0.2) is 0 Å². The molecule has 0 unspecified atom stereocenters. The van der Waals surface area contributed by atoms with E-state index in [9.17, 15) is 8.42 Å². The van der Waals surface area contributed by atoms with Gasteiger partial charge in [0, 0.05) is 18.0 Å². The second-order valence-electron chi connectivity index (χ2n) is 4.57. The fourth-order valence-electron chi connectivity index (χ4n) is 1.81. The molecule has 0 saturated carbocycles. The topological polar surface area (TPSA) is 84.0 Å². The summed E-state index contributed by atoms with van der Waals surface area (Å²) in [7, 11) is -3.13. The Labute approximate surface area is 133 Å². The number of hydrogen-bond acceptors (Lipinski definition) is 6. The van der Waals surface area contributed by atoms with Crippen molar-refractivity contribution in [3.05, 3.63) is 16.2 Å². The van der Waals surface area contributed by atoms with Crippen LogP contribution in [-0.4, -0.2) is 37.7 Å². The number of rotatable bonds is 7. The molecule has 0 aliphatic carbocycles. The second-order valence-corrected chi connectivity index (χ2v) is 7.86. The lowest BCUT2D eigenvalue weighted by Gasteiger charge is -2.07. The number of hydrogen-bond donors (Lipinski definition) is 2. The lowest BCUT2D eigenvalue weighted by molar-refractivity contribution is 0.586. The largest absolute Gasteiger partial charge is 0.369 e. The summed E-state index contributed by atoms with van der Waals surface area (Å²) < 4.78 is 24.3. The predicted octanol–water partition coefficient (Wildman–Crippen LogP) is 2.26. The van der Waals surface area contributed by atoms with Crippen molar-refractivity contribution in [2.24, 2.45) is 0 Å². The molecule has 9 heteroatoms. The van der Waals surface area contributed by atoms with Gasteiger partial charge in [0.2, 0.25) is 15.3 Å². The first kappa shape index (κ1) is 16.4. The molecule has 2 N–H and O–H groups in total. The Morgan fingerprint density at radius 3 is 2.76 bits per heavy atom. The third-order valence-electron chi connectivity index (χ3n) is 2.78. The van der Waals surface area contributed by atoms with E-state index in [1.165, 1.54) is 4.88 Å². The molecule has 0 aliphatic heterocycles. The van der Waals surface area contributed by atoms with Gasteiger partial charge in [-0.05, 0) is 30.5 Å². The molecule has 0 atom stereocenters. The van der Waals surface area contributed by atoms with Crippen LogP contribution < -0.4 is 10.0 Å². The Hall–Kier alpha value is -0.960. The van der Waals surface area contributed by atoms with E-state index in [4.69, 9.17) is 11.6 Å². The van der Waals surface area contributed by atoms with Crippen molar-refractivity contribution in [2.45, 2.75) is 19.8 Å². The van der Waals surface area contributed by atoms with E-state index in [-0.39, 0.29) is 5.28 Å². The highest BCUT2D eigenvalue weighted by Crippen LogP contribution is 2.30. The summed E-state index contributed by atoms with van der Waals surface area (Å²) in [5, 5.41) is 4.36. The molecule has 0 fully saturated rings. The van der Waals surface area contributed by atoms with Crippen molar-refractivity contribution in [3.8, 4) is 0 Å². The minimum atomic E-state index is -3.13. The molecule has 2 rings (SSSR count). The van der Waals surface area contributed by atoms with Crippen LogP contribution in [0.4, 0.5) is 5.82 Å². The van der Waals surface area contributed by atoms with Crippen LogP contribution in [0.3, 0.4) is 0 Å². The van der Waals surface area contributed by atoms with Gasteiger partial charge in [-0.2, -0.15) is 0 Å². The maximum absolute atomic E-state index is 11.0. The zero-order valence-corrected chi connectivity index (χ0v) is 14.2. The number of aryl methyl sites for hydroxylation is 1. The fraction of sp³-hybridized carbons (Fsp3) is 0.500. The molecule has 21 heavy (non-hydrogen) atoms. The van der Waals surface area contributed by atoms with E-state index in [0.717, 1.165) is 22.9 Å². The van der Waals surface area contributed by atoms with Gasteiger partial charge in [0.05, 0.1) is 11.6 Å². The summed E-state index contributed by atoms with van der Waals surface area (Å²) in [5.74, 6) is 0.695. The standard InChI is InChI=1S/C12H17ClN4O2S2/c1-3-8-7-9-10(16-12(13)17-11(9)20-8)14-5-4-6-15-21(2,18)19/h7,15H,3-6H2,1-2H3,(H,14,16,17). The van der Waals surface area contributed by atoms with Crippen LogP contribution in [0.25, 0.3) is 10.2 Å². The van der Waals surface area contributed by atoms with Crippen molar-refractivity contribution in [3.63, 3.8) is 0 Å². The third-order valence-corrected chi connectivity index (χ3v) is 4.85. The van der Waals surface area contributed by atoms with Crippen LogP contribution >= 0.6 is 22.9 Å². The molecule has 2 heterocycles. The van der Waals surface area contributed by atoms with Crippen molar-refractivity contribution in [1.82, 2.24) is 14.7 Å². The molecule has 0 saturated heterocycles. The molecule has 0 amide bonds. The van der Waals surface area contributed by atoms with Crippen molar-refractivity contribution >= 4 is 49.0 Å². The average Bonchev–Trinajstić information content (AvgIpc) is 2.79. The van der Waals surface area contributed by atoms with Gasteiger partial charge in [0.25, 0.3) is 0 Å². The van der Waals surface area contributed by atoms with E-state index >= 15 is 0 Å². The Bertz CT molecular complexity index is 730. The number of anilines is 1. The van der Waals surface area contributed by atoms with Gasteiger partial charge in [-0.3, -0.25) is 0 Å². The Morgan fingerprint density at radius 2 is 2.10 bits per heavy atom. The Morgan fingerprint density at radius 1 is 1.33 bits per heavy atom. The van der Waals surface area contributed by atoms with Gasteiger partial charge >= 0.3 is 0 Å². The van der Waals surface area contributed by atoms with Crippen molar-refractivity contribution < 1.29 is 8.42 Å². The molecule has 0 radical (unpaired) electrons. The van der Waals surface area contributed by atoms with Crippen molar-refractivity contribution in [1.29, 1.82) is 0 Å². The predicted molar refractivity (Wildman–Crippen MR) is 87.8 cm³/mol. The zero-order chi connectivity index (χ0) is 15.5. The lowest BCUT2D eigenvalue weighted by Crippen LogP contribution is -2.24. The molecular formula is C12H17ClN4O2S2. The normalized spacial score (nSPS) is 12.0. The molecule has 2 aromatic heterocycles. The fourth-order valence-corrected chi connectivity index (χ4v) is 3.51. The molecule has 6 nitrogen and oxygen atoms in total. The molecule has 2 aromatic rings. The minimum absolute atomic E-state index is 0.212. The first-order chi connectivity index (χ1) is 9.89. The first-order valence-electron chi connectivity index (χ1n) is 6.53. The van der Waals surface area contributed by atoms with E-state index in [0.29, 0.717) is 25.3 Å². The summed E-state index contributed by atoms with van der Waals surface area (Å²) in [6.07, 6.45) is 2.74. The number of halogens is 1. The highest BCUT2D eigenvalue weighted by molar-refractivity contribution is 7.88. The third kappa shape index (κ3) is 4.77. The number of aromatic nitrogens is 2. The van der Waals surface area contributed by atoms with E-state index in [1.54, 1.807) is 11.3 Å². The molecule has 116 valence electrons. The first-order valence-corrected chi connectivity index (χ1v) is 9.62. The maximum Gasteiger partial charge on any atom is 0.225 e. The average molecular weight is 349 g/mol. The monoisotopic (exact) mass is 348 g/mol. The van der Waals surface area contributed by atoms with Crippen LogP contribution in [0.1, 0.15) is 18.2 Å². The summed E-state index contributed by atoms with van der Waals surface area (Å²) in [5.41, 5.74) is 0. The summed E-state index contributed by atoms with van der Waals surface area (Å²) in [6, 6.07) is 2.06. The molecular weight excluding hydrogens is 332 g/mol. The highest BCUT2D eigenvalue weighted by atomic mass is 35.5. The van der Waals surface area contributed by atoms with Gasteiger partial charge in [-0.25, -0.2) is 23.1 Å². The quantitative estimate of drug-likeness (QED) is 0.592. The summed E-state index contributed by atoms with van der Waals surface area (Å²) in [4.78, 5) is 10.5. The van der Waals surface area contributed by atoms with Crippen molar-refractivity contribution in [2.75, 3.05) is 24.7 Å². The minimum Gasteiger partial charge on any atom is -0.369 e. The van der Waals surface area contributed by atoms with Crippen LogP contribution in [0, 0.1) is 0 Å². The van der Waals surface area contributed by atoms with Gasteiger partial charge < -0.3 is 5.32 Å². The van der Waals surface area contributed by atoms with E-state index in [1.807, 2.05) is 0 Å². The number of sulfonamides is 1. The summed E-state index contributed by atoms with van der Waals surface area (Å²) >= 11 is 7.53. The molecule has 0 spiro atoms. The van der Waals surface area contributed by atoms with E-state index in [2.05, 4.69) is 33.0 Å². The number of fused-ring (bicyclic) bond motifs is 1. The van der Waals surface area contributed by atoms with Crippen LogP contribution in [0.5, 0.6) is 0 Å². The Kier molecular flexibility index (Phi) is 5.37. The molecule has 0 bridgehead atoms. The number of nitrogens with one attached hydrogen (secondary N) is 2. The van der Waals surface area contributed by atoms with Gasteiger partial charge in [-0.1, -0.05) is 6.92 Å². The van der Waals surface area contributed by atoms with Gasteiger partial charge in [-0.15, -0.1) is 11.3 Å². The van der Waals surface area contributed by atoms with E-state index < -0.39 is 10.0 Å². The molecule has 0 aliphatic rings. The zero-order valence-electron chi connectivity index (χ0n) is 11.8.